The fourth-order valence-corrected chi connectivity index (χ4v) is 3.12. The molecular formula is C17H19IN2S. The molecule has 0 aromatic heterocycles. The van der Waals surface area contributed by atoms with E-state index in [4.69, 9.17) is 4.99 Å². The average Bonchev–Trinajstić information content (AvgIpc) is 2.67. The molecule has 0 aliphatic carbocycles. The van der Waals surface area contributed by atoms with Gasteiger partial charge in [-0.05, 0) is 35.9 Å². The number of hydrogen-bond donors (Lipinski definition) is 1. The summed E-state index contributed by atoms with van der Waals surface area (Å²) in [4.78, 5) is 4.73. The molecule has 0 radical (unpaired) electrons. The molecule has 0 amide bonds. The Bertz CT molecular complexity index is 655. The molecule has 2 aromatic rings. The van der Waals surface area contributed by atoms with Crippen LogP contribution in [0.1, 0.15) is 22.6 Å². The molecule has 110 valence electrons. The third kappa shape index (κ3) is 3.43. The number of benzene rings is 2. The smallest absolute Gasteiger partial charge is 0.161 e. The Balaban J connectivity index is 0.00000161. The second-order valence-corrected chi connectivity index (χ2v) is 5.76. The van der Waals surface area contributed by atoms with Crippen LogP contribution in [0.5, 0.6) is 0 Å². The Labute approximate surface area is 147 Å². The highest BCUT2D eigenvalue weighted by Crippen LogP contribution is 2.35. The van der Waals surface area contributed by atoms with Crippen molar-refractivity contribution in [3.8, 4) is 0 Å². The molecular weight excluding hydrogens is 391 g/mol. The van der Waals surface area contributed by atoms with Gasteiger partial charge in [0.2, 0.25) is 0 Å². The third-order valence-corrected chi connectivity index (χ3v) is 4.37. The molecule has 0 saturated carbocycles. The molecule has 0 spiro atoms. The summed E-state index contributed by atoms with van der Waals surface area (Å²) in [6.07, 6.45) is 2.06. The van der Waals surface area contributed by atoms with E-state index < -0.39 is 0 Å². The van der Waals surface area contributed by atoms with E-state index in [0.717, 1.165) is 17.4 Å². The molecule has 1 aliphatic heterocycles. The minimum Gasteiger partial charge on any atom is -0.364 e. The van der Waals surface area contributed by atoms with Crippen LogP contribution < -0.4 is 5.32 Å². The predicted molar refractivity (Wildman–Crippen MR) is 103 cm³/mol. The van der Waals surface area contributed by atoms with Gasteiger partial charge in [0.15, 0.2) is 5.17 Å². The maximum atomic E-state index is 4.73. The summed E-state index contributed by atoms with van der Waals surface area (Å²) in [6.45, 7) is 3.07. The Hall–Kier alpha value is -1.01. The molecule has 0 fully saturated rings. The van der Waals surface area contributed by atoms with Crippen molar-refractivity contribution >= 4 is 46.6 Å². The zero-order valence-corrected chi connectivity index (χ0v) is 15.3. The topological polar surface area (TPSA) is 24.4 Å². The number of nitrogens with zero attached hydrogens (tertiary/aromatic N) is 1. The number of nitrogens with one attached hydrogen (secondary N) is 1. The highest BCUT2D eigenvalue weighted by Gasteiger charge is 2.21. The summed E-state index contributed by atoms with van der Waals surface area (Å²) in [7, 11) is 0. The second kappa shape index (κ2) is 7.31. The standard InChI is InChI=1S/C17H18N2S.HI/c1-12-7-3-4-8-13(12)15-11-18-17(20-2)19-16-10-6-5-9-14(15)16;/h3-10,15H,11H2,1-2H3,(H,18,19);1H. The first-order chi connectivity index (χ1) is 9.79. The molecule has 3 rings (SSSR count). The molecule has 0 saturated heterocycles. The maximum Gasteiger partial charge on any atom is 0.161 e. The number of hydrogen-bond acceptors (Lipinski definition) is 3. The van der Waals surface area contributed by atoms with E-state index in [2.05, 4.69) is 67.0 Å². The molecule has 4 heteroatoms. The van der Waals surface area contributed by atoms with Gasteiger partial charge in [0.1, 0.15) is 0 Å². The minimum absolute atomic E-state index is 0. The fourth-order valence-electron chi connectivity index (χ4n) is 2.71. The van der Waals surface area contributed by atoms with Gasteiger partial charge in [-0.25, -0.2) is 4.99 Å². The van der Waals surface area contributed by atoms with E-state index >= 15 is 0 Å². The fraction of sp³-hybridized carbons (Fsp3) is 0.235. The highest BCUT2D eigenvalue weighted by atomic mass is 127. The molecule has 1 aliphatic rings. The number of aryl methyl sites for hydroxylation is 1. The van der Waals surface area contributed by atoms with Crippen molar-refractivity contribution in [2.24, 2.45) is 4.99 Å². The summed E-state index contributed by atoms with van der Waals surface area (Å²) in [5, 5.41) is 4.46. The lowest BCUT2D eigenvalue weighted by atomic mass is 9.88. The summed E-state index contributed by atoms with van der Waals surface area (Å²) in [6, 6.07) is 17.1. The Morgan fingerprint density at radius 1 is 1.05 bits per heavy atom. The van der Waals surface area contributed by atoms with Crippen molar-refractivity contribution in [1.29, 1.82) is 0 Å². The lowest BCUT2D eigenvalue weighted by Crippen LogP contribution is -2.25. The van der Waals surface area contributed by atoms with E-state index in [-0.39, 0.29) is 24.0 Å². The van der Waals surface area contributed by atoms with Crippen LogP contribution in [0.3, 0.4) is 0 Å². The quantitative estimate of drug-likeness (QED) is 0.690. The first-order valence-electron chi connectivity index (χ1n) is 6.80. The predicted octanol–water partition coefficient (Wildman–Crippen LogP) is 4.70. The number of thioether (sulfide) groups is 1. The average molecular weight is 410 g/mol. The van der Waals surface area contributed by atoms with Crippen LogP contribution in [0.15, 0.2) is 53.5 Å². The van der Waals surface area contributed by atoms with Gasteiger partial charge >= 0.3 is 0 Å². The summed E-state index contributed by atoms with van der Waals surface area (Å²) >= 11 is 1.66. The van der Waals surface area contributed by atoms with Gasteiger partial charge in [0.05, 0.1) is 5.69 Å². The number of amidine groups is 1. The van der Waals surface area contributed by atoms with Crippen molar-refractivity contribution in [2.75, 3.05) is 12.8 Å². The van der Waals surface area contributed by atoms with Crippen molar-refractivity contribution < 1.29 is 0 Å². The van der Waals surface area contributed by atoms with Crippen LogP contribution >= 0.6 is 35.7 Å². The van der Waals surface area contributed by atoms with Gasteiger partial charge in [-0.15, -0.1) is 24.0 Å². The lowest BCUT2D eigenvalue weighted by Gasteiger charge is -2.19. The maximum absolute atomic E-state index is 4.73. The molecule has 2 nitrogen and oxygen atoms in total. The Morgan fingerprint density at radius 3 is 2.43 bits per heavy atom. The van der Waals surface area contributed by atoms with Gasteiger partial charge in [-0.2, -0.15) is 0 Å². The SMILES string of the molecule is CSC1=Nc2ccccc2C(c2ccccc2C)CN1.I. The van der Waals surface area contributed by atoms with Crippen molar-refractivity contribution in [1.82, 2.24) is 5.32 Å². The minimum atomic E-state index is 0. The largest absolute Gasteiger partial charge is 0.364 e. The monoisotopic (exact) mass is 410 g/mol. The van der Waals surface area contributed by atoms with E-state index in [1.165, 1.54) is 16.7 Å². The van der Waals surface area contributed by atoms with Crippen molar-refractivity contribution in [3.05, 3.63) is 65.2 Å². The zero-order valence-electron chi connectivity index (χ0n) is 12.2. The number of para-hydroxylation sites is 1. The molecule has 0 bridgehead atoms. The van der Waals surface area contributed by atoms with E-state index in [1.807, 2.05) is 0 Å². The molecule has 21 heavy (non-hydrogen) atoms. The van der Waals surface area contributed by atoms with Crippen molar-refractivity contribution in [2.45, 2.75) is 12.8 Å². The summed E-state index contributed by atoms with van der Waals surface area (Å²) in [5.74, 6) is 0.348. The highest BCUT2D eigenvalue weighted by molar-refractivity contribution is 14.0. The van der Waals surface area contributed by atoms with Gasteiger partial charge in [0, 0.05) is 12.5 Å². The van der Waals surface area contributed by atoms with E-state index in [9.17, 15) is 0 Å². The molecule has 1 N–H and O–H groups in total. The molecule has 1 heterocycles. The van der Waals surface area contributed by atoms with Crippen LogP contribution in [0.25, 0.3) is 0 Å². The second-order valence-electron chi connectivity index (χ2n) is 4.97. The number of aliphatic imine (C=N–C) groups is 1. The van der Waals surface area contributed by atoms with Crippen LogP contribution in [-0.2, 0) is 0 Å². The third-order valence-electron chi connectivity index (χ3n) is 3.75. The van der Waals surface area contributed by atoms with Gasteiger partial charge in [-0.3, -0.25) is 0 Å². The summed E-state index contributed by atoms with van der Waals surface area (Å²) in [5.41, 5.74) is 5.10. The number of rotatable bonds is 1. The first-order valence-corrected chi connectivity index (χ1v) is 8.03. The molecule has 1 atom stereocenters. The Kier molecular flexibility index (Phi) is 5.70. The number of fused-ring (bicyclic) bond motifs is 1. The van der Waals surface area contributed by atoms with Crippen LogP contribution in [-0.4, -0.2) is 18.0 Å². The van der Waals surface area contributed by atoms with Crippen LogP contribution in [0.4, 0.5) is 5.69 Å². The normalized spacial score (nSPS) is 16.9. The number of halogens is 1. The van der Waals surface area contributed by atoms with E-state index in [0.29, 0.717) is 5.92 Å². The van der Waals surface area contributed by atoms with E-state index in [1.54, 1.807) is 11.8 Å². The van der Waals surface area contributed by atoms with Crippen molar-refractivity contribution in [3.63, 3.8) is 0 Å². The Morgan fingerprint density at radius 2 is 1.71 bits per heavy atom. The molecule has 2 aromatic carbocycles. The van der Waals surface area contributed by atoms with Gasteiger partial charge < -0.3 is 5.32 Å². The van der Waals surface area contributed by atoms with Crippen LogP contribution in [0.2, 0.25) is 0 Å². The summed E-state index contributed by atoms with van der Waals surface area (Å²) < 4.78 is 0. The lowest BCUT2D eigenvalue weighted by molar-refractivity contribution is 0.767. The van der Waals surface area contributed by atoms with Gasteiger partial charge in [-0.1, -0.05) is 54.2 Å². The zero-order chi connectivity index (χ0) is 13.9. The van der Waals surface area contributed by atoms with Crippen LogP contribution in [0, 0.1) is 6.92 Å². The molecule has 1 unspecified atom stereocenters. The first kappa shape index (κ1) is 16.4. The van der Waals surface area contributed by atoms with Gasteiger partial charge in [0.25, 0.3) is 0 Å².